The highest BCUT2D eigenvalue weighted by atomic mass is 16.5. The molecule has 92 valence electrons. The topological polar surface area (TPSA) is 42.2 Å². The average molecular weight is 241 g/mol. The molecule has 18 heavy (non-hydrogen) atoms. The molecule has 1 aliphatic carbocycles. The summed E-state index contributed by atoms with van der Waals surface area (Å²) in [5.74, 6) is 2.21. The normalized spacial score (nSPS) is 18.1. The van der Waals surface area contributed by atoms with Gasteiger partial charge < -0.3 is 9.42 Å². The Bertz CT molecular complexity index is 574. The first-order valence-electron chi connectivity index (χ1n) is 6.55. The van der Waals surface area contributed by atoms with Gasteiger partial charge in [0.2, 0.25) is 5.89 Å². The summed E-state index contributed by atoms with van der Waals surface area (Å²) in [6.07, 6.45) is 3.54. The SMILES string of the molecule is c1ccc2c(c1)CCN2Cc1nc(C2CC2)no1. The number of hydrogen-bond acceptors (Lipinski definition) is 4. The lowest BCUT2D eigenvalue weighted by Crippen LogP contribution is -2.19. The second-order valence-electron chi connectivity index (χ2n) is 5.12. The summed E-state index contributed by atoms with van der Waals surface area (Å²) < 4.78 is 5.34. The van der Waals surface area contributed by atoms with Crippen LogP contribution in [-0.2, 0) is 13.0 Å². The Balaban J connectivity index is 1.54. The van der Waals surface area contributed by atoms with E-state index >= 15 is 0 Å². The number of benzene rings is 1. The standard InChI is InChI=1S/C14H15N3O/c1-2-4-12-10(3-1)7-8-17(12)9-13-15-14(16-18-13)11-5-6-11/h1-4,11H,5-9H2. The third-order valence-corrected chi connectivity index (χ3v) is 3.74. The van der Waals surface area contributed by atoms with Crippen molar-refractivity contribution in [1.82, 2.24) is 10.1 Å². The van der Waals surface area contributed by atoms with Crippen molar-refractivity contribution in [2.75, 3.05) is 11.4 Å². The lowest BCUT2D eigenvalue weighted by atomic mass is 10.2. The first-order valence-corrected chi connectivity index (χ1v) is 6.55. The molecule has 2 heterocycles. The van der Waals surface area contributed by atoms with Crippen LogP contribution in [0.2, 0.25) is 0 Å². The van der Waals surface area contributed by atoms with Crippen molar-refractivity contribution in [2.45, 2.75) is 31.7 Å². The molecule has 1 aliphatic heterocycles. The number of hydrogen-bond donors (Lipinski definition) is 0. The van der Waals surface area contributed by atoms with E-state index in [4.69, 9.17) is 4.52 Å². The average Bonchev–Trinajstić information content (AvgIpc) is 3.02. The van der Waals surface area contributed by atoms with Gasteiger partial charge >= 0.3 is 0 Å². The zero-order valence-electron chi connectivity index (χ0n) is 10.2. The maximum atomic E-state index is 5.34. The summed E-state index contributed by atoms with van der Waals surface area (Å²) >= 11 is 0. The van der Waals surface area contributed by atoms with E-state index in [2.05, 4.69) is 39.3 Å². The van der Waals surface area contributed by atoms with E-state index in [9.17, 15) is 0 Å². The Hall–Kier alpha value is -1.84. The van der Waals surface area contributed by atoms with E-state index in [1.807, 2.05) is 0 Å². The molecule has 0 spiro atoms. The fourth-order valence-electron chi connectivity index (χ4n) is 2.57. The van der Waals surface area contributed by atoms with E-state index in [1.165, 1.54) is 24.1 Å². The maximum absolute atomic E-state index is 5.34. The summed E-state index contributed by atoms with van der Waals surface area (Å²) in [7, 11) is 0. The number of aromatic nitrogens is 2. The molecular formula is C14H15N3O. The van der Waals surface area contributed by atoms with E-state index in [-0.39, 0.29) is 0 Å². The van der Waals surface area contributed by atoms with Gasteiger partial charge in [-0.2, -0.15) is 4.98 Å². The van der Waals surface area contributed by atoms with E-state index in [0.29, 0.717) is 5.92 Å². The molecule has 0 N–H and O–H groups in total. The van der Waals surface area contributed by atoms with Crippen LogP contribution in [0, 0.1) is 0 Å². The van der Waals surface area contributed by atoms with Crippen LogP contribution in [0.15, 0.2) is 28.8 Å². The lowest BCUT2D eigenvalue weighted by Gasteiger charge is -2.16. The van der Waals surface area contributed by atoms with Gasteiger partial charge in [-0.05, 0) is 30.9 Å². The van der Waals surface area contributed by atoms with Gasteiger partial charge in [-0.15, -0.1) is 0 Å². The third-order valence-electron chi connectivity index (χ3n) is 3.74. The molecule has 4 nitrogen and oxygen atoms in total. The van der Waals surface area contributed by atoms with Crippen molar-refractivity contribution in [1.29, 1.82) is 0 Å². The van der Waals surface area contributed by atoms with Gasteiger partial charge in [0.05, 0.1) is 6.54 Å². The molecule has 4 rings (SSSR count). The van der Waals surface area contributed by atoms with Gasteiger partial charge in [0.1, 0.15) is 0 Å². The second-order valence-corrected chi connectivity index (χ2v) is 5.12. The summed E-state index contributed by atoms with van der Waals surface area (Å²) in [5.41, 5.74) is 2.73. The summed E-state index contributed by atoms with van der Waals surface area (Å²) in [5, 5.41) is 4.06. The predicted molar refractivity (Wildman–Crippen MR) is 67.5 cm³/mol. The van der Waals surface area contributed by atoms with Crippen LogP contribution in [0.1, 0.15) is 36.0 Å². The van der Waals surface area contributed by atoms with Crippen LogP contribution in [0.5, 0.6) is 0 Å². The number of para-hydroxylation sites is 1. The first-order chi connectivity index (χ1) is 8.90. The molecule has 2 aromatic rings. The Labute approximate surface area is 106 Å². The highest BCUT2D eigenvalue weighted by Gasteiger charge is 2.29. The molecule has 4 heteroatoms. The van der Waals surface area contributed by atoms with Crippen LogP contribution in [-0.4, -0.2) is 16.7 Å². The summed E-state index contributed by atoms with van der Waals surface area (Å²) in [6, 6.07) is 8.54. The molecule has 0 saturated heterocycles. The summed E-state index contributed by atoms with van der Waals surface area (Å²) in [6.45, 7) is 1.78. The van der Waals surface area contributed by atoms with Crippen LogP contribution in [0.3, 0.4) is 0 Å². The Morgan fingerprint density at radius 3 is 3.06 bits per heavy atom. The number of rotatable bonds is 3. The zero-order chi connectivity index (χ0) is 11.9. The molecule has 2 aliphatic rings. The van der Waals surface area contributed by atoms with Crippen LogP contribution >= 0.6 is 0 Å². The molecule has 0 bridgehead atoms. The number of fused-ring (bicyclic) bond motifs is 1. The molecule has 1 saturated carbocycles. The fourth-order valence-corrected chi connectivity index (χ4v) is 2.57. The fraction of sp³-hybridized carbons (Fsp3) is 0.429. The van der Waals surface area contributed by atoms with Crippen molar-refractivity contribution in [3.05, 3.63) is 41.5 Å². The van der Waals surface area contributed by atoms with Crippen molar-refractivity contribution >= 4 is 5.69 Å². The maximum Gasteiger partial charge on any atom is 0.246 e. The highest BCUT2D eigenvalue weighted by molar-refractivity contribution is 5.57. The molecule has 0 unspecified atom stereocenters. The Morgan fingerprint density at radius 1 is 1.28 bits per heavy atom. The molecular weight excluding hydrogens is 226 g/mol. The zero-order valence-corrected chi connectivity index (χ0v) is 10.2. The second kappa shape index (κ2) is 3.83. The van der Waals surface area contributed by atoms with Crippen LogP contribution in [0.25, 0.3) is 0 Å². The first kappa shape index (κ1) is 10.1. The highest BCUT2D eigenvalue weighted by Crippen LogP contribution is 2.38. The monoisotopic (exact) mass is 241 g/mol. The van der Waals surface area contributed by atoms with Crippen molar-refractivity contribution < 1.29 is 4.52 Å². The van der Waals surface area contributed by atoms with Gasteiger partial charge in [0, 0.05) is 18.2 Å². The molecule has 0 atom stereocenters. The largest absolute Gasteiger partial charge is 0.362 e. The summed E-state index contributed by atoms with van der Waals surface area (Å²) in [4.78, 5) is 6.81. The smallest absolute Gasteiger partial charge is 0.246 e. The van der Waals surface area contributed by atoms with E-state index < -0.39 is 0 Å². The Kier molecular flexibility index (Phi) is 2.15. The Morgan fingerprint density at radius 2 is 2.17 bits per heavy atom. The van der Waals surface area contributed by atoms with Gasteiger partial charge in [0.25, 0.3) is 0 Å². The van der Waals surface area contributed by atoms with E-state index in [1.54, 1.807) is 0 Å². The molecule has 0 amide bonds. The molecule has 1 aromatic heterocycles. The minimum Gasteiger partial charge on any atom is -0.362 e. The lowest BCUT2D eigenvalue weighted by molar-refractivity contribution is 0.371. The van der Waals surface area contributed by atoms with Crippen molar-refractivity contribution in [2.24, 2.45) is 0 Å². The third kappa shape index (κ3) is 1.68. The number of anilines is 1. The van der Waals surface area contributed by atoms with Gasteiger partial charge in [-0.1, -0.05) is 23.4 Å². The quantitative estimate of drug-likeness (QED) is 0.828. The van der Waals surface area contributed by atoms with Gasteiger partial charge in [-0.3, -0.25) is 0 Å². The molecule has 0 radical (unpaired) electrons. The van der Waals surface area contributed by atoms with Gasteiger partial charge in [-0.25, -0.2) is 0 Å². The molecule has 1 aromatic carbocycles. The molecule has 1 fully saturated rings. The van der Waals surface area contributed by atoms with Crippen molar-refractivity contribution in [3.8, 4) is 0 Å². The van der Waals surface area contributed by atoms with Crippen molar-refractivity contribution in [3.63, 3.8) is 0 Å². The predicted octanol–water partition coefficient (Wildman–Crippen LogP) is 2.51. The van der Waals surface area contributed by atoms with Crippen LogP contribution < -0.4 is 4.90 Å². The minimum absolute atomic E-state index is 0.563. The number of nitrogens with zero attached hydrogens (tertiary/aromatic N) is 3. The minimum atomic E-state index is 0.563. The van der Waals surface area contributed by atoms with Gasteiger partial charge in [0.15, 0.2) is 5.82 Å². The van der Waals surface area contributed by atoms with Crippen LogP contribution in [0.4, 0.5) is 5.69 Å². The van der Waals surface area contributed by atoms with E-state index in [0.717, 1.165) is 31.2 Å².